The zero-order valence-electron chi connectivity index (χ0n) is 9.94. The Balaban J connectivity index is 2.49. The summed E-state index contributed by atoms with van der Waals surface area (Å²) in [5.74, 6) is 0. The van der Waals surface area contributed by atoms with E-state index in [1.807, 2.05) is 0 Å². The van der Waals surface area contributed by atoms with Crippen LogP contribution in [0, 0.1) is 0 Å². The van der Waals surface area contributed by atoms with Crippen molar-refractivity contribution in [3.8, 4) is 0 Å². The summed E-state index contributed by atoms with van der Waals surface area (Å²) in [5, 5.41) is 3.65. The highest BCUT2D eigenvalue weighted by Gasteiger charge is 2.37. The van der Waals surface area contributed by atoms with E-state index in [0.29, 0.717) is 0 Å². The van der Waals surface area contributed by atoms with E-state index in [1.165, 1.54) is 24.9 Å². The normalized spacial score (nSPS) is 22.5. The summed E-state index contributed by atoms with van der Waals surface area (Å²) in [6.07, 6.45) is 4.00. The molecule has 1 heterocycles. The Kier molecular flexibility index (Phi) is 5.13. The lowest BCUT2D eigenvalue weighted by Gasteiger charge is -2.35. The molecule has 2 nitrogen and oxygen atoms in total. The summed E-state index contributed by atoms with van der Waals surface area (Å²) in [4.78, 5) is 0. The molecule has 1 aliphatic heterocycles. The molecule has 0 aromatic carbocycles. The number of rotatable bonds is 6. The van der Waals surface area contributed by atoms with Gasteiger partial charge in [0.05, 0.1) is 14.1 Å². The highest BCUT2D eigenvalue weighted by atomic mass is 28.3. The van der Waals surface area contributed by atoms with E-state index in [2.05, 4.69) is 26.1 Å². The largest absolute Gasteiger partial charge is 0.365 e. The van der Waals surface area contributed by atoms with Crippen molar-refractivity contribution >= 4 is 8.80 Å². The van der Waals surface area contributed by atoms with Crippen molar-refractivity contribution < 1.29 is 4.74 Å². The van der Waals surface area contributed by atoms with Gasteiger partial charge in [0.1, 0.15) is 0 Å². The van der Waals surface area contributed by atoms with Crippen molar-refractivity contribution in [2.45, 2.75) is 57.5 Å². The maximum Gasteiger partial charge on any atom is 0.0988 e. The van der Waals surface area contributed by atoms with Gasteiger partial charge in [-0.15, -0.1) is 0 Å². The average molecular weight is 215 g/mol. The maximum absolute atomic E-state index is 6.05. The summed E-state index contributed by atoms with van der Waals surface area (Å²) in [7, 11) is -0.694. The van der Waals surface area contributed by atoms with Crippen LogP contribution in [0.4, 0.5) is 0 Å². The highest BCUT2D eigenvalue weighted by Crippen LogP contribution is 2.28. The lowest BCUT2D eigenvalue weighted by molar-refractivity contribution is 0.00283. The molecule has 0 saturated carbocycles. The standard InChI is InChI=1S/C11H25NOSi/c1-4-8-13-11(3,12-5-2)14-9-6-7-10-14/h12,14H,4-10H2,1-3H3. The molecule has 0 aromatic heterocycles. The molecule has 1 atom stereocenters. The van der Waals surface area contributed by atoms with E-state index in [9.17, 15) is 0 Å². The molecule has 84 valence electrons. The van der Waals surface area contributed by atoms with Crippen LogP contribution in [0.25, 0.3) is 0 Å². The summed E-state index contributed by atoms with van der Waals surface area (Å²) < 4.78 is 6.05. The molecular formula is C11H25NOSi. The van der Waals surface area contributed by atoms with Gasteiger partial charge in [-0.1, -0.05) is 38.8 Å². The summed E-state index contributed by atoms with van der Waals surface area (Å²) in [6, 6.07) is 2.93. The SMILES string of the molecule is CCCOC(C)(NCC)[SiH]1CCCC1. The minimum absolute atomic E-state index is 0.0707. The van der Waals surface area contributed by atoms with Crippen molar-refractivity contribution in [3.63, 3.8) is 0 Å². The Bertz CT molecular complexity index is 159. The van der Waals surface area contributed by atoms with Gasteiger partial charge in [-0.25, -0.2) is 0 Å². The molecule has 14 heavy (non-hydrogen) atoms. The van der Waals surface area contributed by atoms with Crippen LogP contribution in [0.1, 0.15) is 40.0 Å². The van der Waals surface area contributed by atoms with Gasteiger partial charge in [-0.05, 0) is 19.9 Å². The summed E-state index contributed by atoms with van der Waals surface area (Å²) in [5.41, 5.74) is 0. The van der Waals surface area contributed by atoms with Crippen molar-refractivity contribution in [1.29, 1.82) is 0 Å². The molecule has 0 bridgehead atoms. The molecule has 0 amide bonds. The highest BCUT2D eigenvalue weighted by molar-refractivity contribution is 6.62. The number of nitrogens with one attached hydrogen (secondary N) is 1. The molecule has 1 aliphatic rings. The molecule has 1 saturated heterocycles. The Morgan fingerprint density at radius 2 is 1.93 bits per heavy atom. The van der Waals surface area contributed by atoms with Crippen LogP contribution in [0.3, 0.4) is 0 Å². The zero-order valence-corrected chi connectivity index (χ0v) is 11.1. The Labute approximate surface area is 90.0 Å². The lowest BCUT2D eigenvalue weighted by atomic mass is 10.4. The molecule has 0 aromatic rings. The number of ether oxygens (including phenoxy) is 1. The molecule has 0 spiro atoms. The minimum Gasteiger partial charge on any atom is -0.365 e. The van der Waals surface area contributed by atoms with Gasteiger partial charge in [0.2, 0.25) is 0 Å². The minimum atomic E-state index is -0.694. The Morgan fingerprint density at radius 1 is 1.29 bits per heavy atom. The first-order valence-electron chi connectivity index (χ1n) is 6.12. The van der Waals surface area contributed by atoms with Crippen LogP contribution in [0.15, 0.2) is 0 Å². The summed E-state index contributed by atoms with van der Waals surface area (Å²) in [6.45, 7) is 8.59. The third kappa shape index (κ3) is 3.07. The van der Waals surface area contributed by atoms with Crippen molar-refractivity contribution in [2.24, 2.45) is 0 Å². The first-order valence-corrected chi connectivity index (χ1v) is 8.33. The van der Waals surface area contributed by atoms with Gasteiger partial charge in [0, 0.05) is 6.61 Å². The Morgan fingerprint density at radius 3 is 2.43 bits per heavy atom. The van der Waals surface area contributed by atoms with Crippen molar-refractivity contribution in [3.05, 3.63) is 0 Å². The number of hydrogen-bond acceptors (Lipinski definition) is 2. The molecular weight excluding hydrogens is 190 g/mol. The second kappa shape index (κ2) is 5.88. The monoisotopic (exact) mass is 215 g/mol. The van der Waals surface area contributed by atoms with Crippen molar-refractivity contribution in [1.82, 2.24) is 5.32 Å². The van der Waals surface area contributed by atoms with E-state index >= 15 is 0 Å². The predicted octanol–water partition coefficient (Wildman–Crippen LogP) is 2.30. The lowest BCUT2D eigenvalue weighted by Crippen LogP contribution is -2.55. The van der Waals surface area contributed by atoms with Crippen LogP contribution in [-0.4, -0.2) is 27.3 Å². The van der Waals surface area contributed by atoms with E-state index < -0.39 is 8.80 Å². The average Bonchev–Trinajstić information content (AvgIpc) is 2.68. The topological polar surface area (TPSA) is 21.3 Å². The molecule has 3 heteroatoms. The van der Waals surface area contributed by atoms with Crippen LogP contribution >= 0.6 is 0 Å². The molecule has 1 fully saturated rings. The van der Waals surface area contributed by atoms with E-state index in [1.54, 1.807) is 0 Å². The quantitative estimate of drug-likeness (QED) is 0.542. The molecule has 0 aliphatic carbocycles. The molecule has 1 N–H and O–H groups in total. The second-order valence-corrected chi connectivity index (χ2v) is 8.12. The first-order chi connectivity index (χ1) is 6.73. The van der Waals surface area contributed by atoms with Gasteiger partial charge in [0.15, 0.2) is 0 Å². The Hall–Kier alpha value is 0.137. The van der Waals surface area contributed by atoms with Gasteiger partial charge in [-0.3, -0.25) is 5.32 Å². The fourth-order valence-electron chi connectivity index (χ4n) is 2.45. The van der Waals surface area contributed by atoms with E-state index in [-0.39, 0.29) is 5.35 Å². The zero-order chi connectivity index (χ0) is 10.4. The third-order valence-corrected chi connectivity index (χ3v) is 7.41. The van der Waals surface area contributed by atoms with Crippen molar-refractivity contribution in [2.75, 3.05) is 13.2 Å². The maximum atomic E-state index is 6.05. The smallest absolute Gasteiger partial charge is 0.0988 e. The third-order valence-electron chi connectivity index (χ3n) is 3.27. The van der Waals surface area contributed by atoms with E-state index in [4.69, 9.17) is 4.74 Å². The van der Waals surface area contributed by atoms with Crippen LogP contribution in [-0.2, 0) is 4.74 Å². The van der Waals surface area contributed by atoms with Crippen LogP contribution < -0.4 is 5.32 Å². The molecule has 0 radical (unpaired) electrons. The summed E-state index contributed by atoms with van der Waals surface area (Å²) >= 11 is 0. The van der Waals surface area contributed by atoms with Gasteiger partial charge in [0.25, 0.3) is 0 Å². The fourth-order valence-corrected chi connectivity index (χ4v) is 6.25. The van der Waals surface area contributed by atoms with Gasteiger partial charge >= 0.3 is 0 Å². The van der Waals surface area contributed by atoms with E-state index in [0.717, 1.165) is 19.6 Å². The fraction of sp³-hybridized carbons (Fsp3) is 1.00. The predicted molar refractivity (Wildman–Crippen MR) is 64.3 cm³/mol. The number of hydrogen-bond donors (Lipinski definition) is 1. The van der Waals surface area contributed by atoms with Gasteiger partial charge < -0.3 is 4.74 Å². The van der Waals surface area contributed by atoms with Gasteiger partial charge in [-0.2, -0.15) is 0 Å². The first kappa shape index (κ1) is 12.2. The molecule has 1 rings (SSSR count). The van der Waals surface area contributed by atoms with Crippen LogP contribution in [0.5, 0.6) is 0 Å². The van der Waals surface area contributed by atoms with Crippen LogP contribution in [0.2, 0.25) is 12.1 Å². The second-order valence-electron chi connectivity index (χ2n) is 4.47. The molecule has 1 unspecified atom stereocenters.